The molecule has 0 fully saturated rings. The second-order valence-electron chi connectivity index (χ2n) is 9.61. The van der Waals surface area contributed by atoms with Gasteiger partial charge in [0, 0.05) is 25.7 Å². The van der Waals surface area contributed by atoms with Crippen LogP contribution in [0.4, 0.5) is 0 Å². The van der Waals surface area contributed by atoms with Crippen LogP contribution in [0.2, 0.25) is 0 Å². The van der Waals surface area contributed by atoms with Gasteiger partial charge in [-0.2, -0.15) is 0 Å². The first kappa shape index (κ1) is 36.3. The Bertz CT molecular complexity index is 863. The van der Waals surface area contributed by atoms with Crippen molar-refractivity contribution in [2.45, 2.75) is 121 Å². The molecule has 0 aromatic carbocycles. The lowest BCUT2D eigenvalue weighted by atomic mass is 10.1. The van der Waals surface area contributed by atoms with Crippen LogP contribution in [0.5, 0.6) is 0 Å². The Kier molecular flexibility index (Phi) is 19.2. The number of rotatable bonds is 24. The third-order valence-electron chi connectivity index (χ3n) is 6.11. The van der Waals surface area contributed by atoms with E-state index >= 15 is 0 Å². The Hall–Kier alpha value is -3.71. The number of hydrogen-bond donors (Lipinski definition) is 7. The van der Waals surface area contributed by atoms with Crippen molar-refractivity contribution in [1.82, 2.24) is 16.0 Å². The molecule has 0 saturated heterocycles. The van der Waals surface area contributed by atoms with E-state index in [1.165, 1.54) is 6.42 Å². The predicted octanol–water partition coefficient (Wildman–Crippen LogP) is 1.65. The number of carboxylic acid groups (broad SMARTS) is 4. The van der Waals surface area contributed by atoms with Gasteiger partial charge in [0.15, 0.2) is 0 Å². The highest BCUT2D eigenvalue weighted by molar-refractivity contribution is 5.91. The Morgan fingerprint density at radius 1 is 0.500 bits per heavy atom. The van der Waals surface area contributed by atoms with Crippen LogP contribution in [-0.4, -0.2) is 80.2 Å². The molecular formula is C26H43N3O11. The van der Waals surface area contributed by atoms with Gasteiger partial charge in [0.05, 0.1) is 0 Å². The molecule has 7 N–H and O–H groups in total. The van der Waals surface area contributed by atoms with Crippen LogP contribution in [0.15, 0.2) is 0 Å². The largest absolute Gasteiger partial charge is 0.481 e. The molecule has 0 radical (unpaired) electrons. The maximum absolute atomic E-state index is 12.8. The van der Waals surface area contributed by atoms with E-state index < -0.39 is 85.4 Å². The summed E-state index contributed by atoms with van der Waals surface area (Å²) in [6.45, 7) is 2.13. The third kappa shape index (κ3) is 18.5. The maximum atomic E-state index is 12.8. The summed E-state index contributed by atoms with van der Waals surface area (Å²) in [5, 5.41) is 43.0. The van der Waals surface area contributed by atoms with Gasteiger partial charge in [0.1, 0.15) is 18.1 Å². The van der Waals surface area contributed by atoms with Gasteiger partial charge in [-0.25, -0.2) is 9.59 Å². The minimum absolute atomic E-state index is 0.0998. The molecule has 0 heterocycles. The number of unbranched alkanes of at least 4 members (excludes halogenated alkanes) is 7. The fourth-order valence-electron chi connectivity index (χ4n) is 3.82. The summed E-state index contributed by atoms with van der Waals surface area (Å²) >= 11 is 0. The van der Waals surface area contributed by atoms with Crippen LogP contribution in [0.25, 0.3) is 0 Å². The van der Waals surface area contributed by atoms with E-state index in [1.807, 2.05) is 0 Å². The van der Waals surface area contributed by atoms with Gasteiger partial charge in [0.2, 0.25) is 17.7 Å². The van der Waals surface area contributed by atoms with Crippen molar-refractivity contribution in [1.29, 1.82) is 0 Å². The molecule has 3 atom stereocenters. The van der Waals surface area contributed by atoms with Crippen molar-refractivity contribution in [2.75, 3.05) is 0 Å². The molecule has 0 aliphatic heterocycles. The predicted molar refractivity (Wildman–Crippen MR) is 141 cm³/mol. The molecule has 228 valence electrons. The lowest BCUT2D eigenvalue weighted by molar-refractivity contribution is -0.144. The lowest BCUT2D eigenvalue weighted by Gasteiger charge is -2.22. The molecule has 0 aliphatic carbocycles. The fraction of sp³-hybridized carbons (Fsp3) is 0.731. The summed E-state index contributed by atoms with van der Waals surface area (Å²) < 4.78 is 0. The first-order valence-electron chi connectivity index (χ1n) is 13.7. The monoisotopic (exact) mass is 573 g/mol. The molecule has 0 aliphatic rings. The van der Waals surface area contributed by atoms with Gasteiger partial charge in [-0.3, -0.25) is 24.0 Å². The van der Waals surface area contributed by atoms with Crippen LogP contribution in [-0.2, 0) is 33.6 Å². The first-order chi connectivity index (χ1) is 18.9. The normalized spacial score (nSPS) is 12.9. The summed E-state index contributed by atoms with van der Waals surface area (Å²) in [5.74, 6) is -7.65. The van der Waals surface area contributed by atoms with Gasteiger partial charge >= 0.3 is 23.9 Å². The van der Waals surface area contributed by atoms with E-state index in [4.69, 9.17) is 10.2 Å². The van der Waals surface area contributed by atoms with Gasteiger partial charge in [0.25, 0.3) is 0 Å². The molecule has 0 spiro atoms. The topological polar surface area (TPSA) is 236 Å². The summed E-state index contributed by atoms with van der Waals surface area (Å²) in [6, 6.07) is -4.36. The molecule has 14 nitrogen and oxygen atoms in total. The van der Waals surface area contributed by atoms with Crippen LogP contribution in [0.1, 0.15) is 103 Å². The lowest BCUT2D eigenvalue weighted by Crippen LogP contribution is -2.52. The van der Waals surface area contributed by atoms with Gasteiger partial charge in [-0.1, -0.05) is 51.9 Å². The van der Waals surface area contributed by atoms with Crippen molar-refractivity contribution in [3.63, 3.8) is 0 Å². The summed E-state index contributed by atoms with van der Waals surface area (Å²) in [5.41, 5.74) is 0. The molecule has 3 unspecified atom stereocenters. The molecule has 0 saturated carbocycles. The highest BCUT2D eigenvalue weighted by atomic mass is 16.4. The zero-order valence-electron chi connectivity index (χ0n) is 23.0. The fourth-order valence-corrected chi connectivity index (χ4v) is 3.82. The molecule has 14 heteroatoms. The second-order valence-corrected chi connectivity index (χ2v) is 9.61. The minimum atomic E-state index is -1.54. The summed E-state index contributed by atoms with van der Waals surface area (Å²) in [6.07, 6.45) is 5.57. The molecule has 0 rings (SSSR count). The van der Waals surface area contributed by atoms with E-state index in [2.05, 4.69) is 22.9 Å². The van der Waals surface area contributed by atoms with Crippen LogP contribution in [0, 0.1) is 0 Å². The number of nitrogens with one attached hydrogen (secondary N) is 3. The Morgan fingerprint density at radius 3 is 1.38 bits per heavy atom. The number of carbonyl (C=O) groups is 7. The van der Waals surface area contributed by atoms with Crippen molar-refractivity contribution >= 4 is 41.6 Å². The SMILES string of the molecule is CCCCCCCCCCC(=O)NC(CCC(=O)NC(CCC(=O)O)C(=O)O)C(=O)NC(CCC(=O)O)C(=O)O. The number of amides is 3. The van der Waals surface area contributed by atoms with Crippen LogP contribution in [0.3, 0.4) is 0 Å². The van der Waals surface area contributed by atoms with Gasteiger partial charge in [-0.05, 0) is 25.7 Å². The van der Waals surface area contributed by atoms with Gasteiger partial charge in [-0.15, -0.1) is 0 Å². The average molecular weight is 574 g/mol. The van der Waals surface area contributed by atoms with E-state index in [-0.39, 0.29) is 19.3 Å². The molecule has 0 bridgehead atoms. The minimum Gasteiger partial charge on any atom is -0.481 e. The first-order valence-corrected chi connectivity index (χ1v) is 13.7. The second kappa shape index (κ2) is 21.2. The van der Waals surface area contributed by atoms with E-state index in [9.17, 15) is 43.8 Å². The Labute approximate surface area is 233 Å². The highest BCUT2D eigenvalue weighted by Gasteiger charge is 2.28. The van der Waals surface area contributed by atoms with E-state index in [1.54, 1.807) is 0 Å². The number of carbonyl (C=O) groups excluding carboxylic acids is 3. The highest BCUT2D eigenvalue weighted by Crippen LogP contribution is 2.10. The summed E-state index contributed by atoms with van der Waals surface area (Å²) in [7, 11) is 0. The number of hydrogen-bond acceptors (Lipinski definition) is 7. The zero-order valence-corrected chi connectivity index (χ0v) is 23.0. The van der Waals surface area contributed by atoms with Crippen molar-refractivity contribution in [3.8, 4) is 0 Å². The van der Waals surface area contributed by atoms with E-state index in [0.29, 0.717) is 6.42 Å². The zero-order chi connectivity index (χ0) is 30.5. The molecule has 0 aromatic rings. The smallest absolute Gasteiger partial charge is 0.326 e. The number of carboxylic acids is 4. The van der Waals surface area contributed by atoms with Crippen molar-refractivity contribution < 1.29 is 54.0 Å². The maximum Gasteiger partial charge on any atom is 0.326 e. The third-order valence-corrected chi connectivity index (χ3v) is 6.11. The standard InChI is InChI=1S/C26H43N3O11/c1-2-3-4-5-6-7-8-9-10-20(30)27-17(24(36)29-19(26(39)40)13-16-23(34)35)11-14-21(31)28-18(25(37)38)12-15-22(32)33/h17-19H,2-16H2,1H3,(H,27,30)(H,28,31)(H,29,36)(H,32,33)(H,34,35)(H,37,38)(H,39,40). The molecular weight excluding hydrogens is 530 g/mol. The average Bonchev–Trinajstić information content (AvgIpc) is 2.87. The summed E-state index contributed by atoms with van der Waals surface area (Å²) in [4.78, 5) is 82.0. The van der Waals surface area contributed by atoms with Crippen LogP contribution < -0.4 is 16.0 Å². The molecule has 3 amide bonds. The van der Waals surface area contributed by atoms with Crippen molar-refractivity contribution in [2.24, 2.45) is 0 Å². The van der Waals surface area contributed by atoms with Gasteiger partial charge < -0.3 is 36.4 Å². The molecule has 0 aromatic heterocycles. The number of aliphatic carboxylic acids is 4. The Balaban J connectivity index is 5.15. The van der Waals surface area contributed by atoms with Crippen molar-refractivity contribution in [3.05, 3.63) is 0 Å². The van der Waals surface area contributed by atoms with Crippen LogP contribution >= 0.6 is 0 Å². The Morgan fingerprint density at radius 2 is 0.900 bits per heavy atom. The quantitative estimate of drug-likeness (QED) is 0.0819. The van der Waals surface area contributed by atoms with E-state index in [0.717, 1.165) is 38.5 Å². The molecule has 40 heavy (non-hydrogen) atoms.